The molecule has 0 aliphatic carbocycles. The Balaban J connectivity index is 1.50. The number of hydrogen-bond acceptors (Lipinski definition) is 2. The number of ether oxygens (including phenoxy) is 1. The summed E-state index contributed by atoms with van der Waals surface area (Å²) in [5.41, 5.74) is 2.55. The van der Waals surface area contributed by atoms with Crippen molar-refractivity contribution in [2.45, 2.75) is 18.9 Å². The average Bonchev–Trinajstić information content (AvgIpc) is 2.88. The lowest BCUT2D eigenvalue weighted by molar-refractivity contribution is -0.0485. The van der Waals surface area contributed by atoms with Gasteiger partial charge in [-0.2, -0.15) is 0 Å². The van der Waals surface area contributed by atoms with Gasteiger partial charge in [-0.15, -0.1) is 0 Å². The number of hydrogen-bond donors (Lipinski definition) is 1. The fraction of sp³-hybridized carbons (Fsp3) is 0.125. The molecular weight excluding hydrogens is 416 g/mol. The SMILES string of the molecule is OCOC(Cc1c2ccccc2cc2ccccc12)Cc1c2ccccc2cc2ccccc12. The molecule has 6 aromatic carbocycles. The minimum atomic E-state index is -0.296. The molecule has 166 valence electrons. The molecule has 0 aliphatic rings. The largest absolute Gasteiger partial charge is 0.371 e. The van der Waals surface area contributed by atoms with E-state index in [9.17, 15) is 5.11 Å². The average molecular weight is 443 g/mol. The van der Waals surface area contributed by atoms with E-state index in [1.54, 1.807) is 0 Å². The third-order valence-electron chi connectivity index (χ3n) is 6.94. The Labute approximate surface area is 199 Å². The molecule has 6 aromatic rings. The van der Waals surface area contributed by atoms with Gasteiger partial charge >= 0.3 is 0 Å². The first-order valence-electron chi connectivity index (χ1n) is 11.8. The zero-order chi connectivity index (χ0) is 22.9. The fourth-order valence-corrected chi connectivity index (χ4v) is 5.41. The second-order valence-corrected chi connectivity index (χ2v) is 8.92. The van der Waals surface area contributed by atoms with Gasteiger partial charge in [0.2, 0.25) is 0 Å². The van der Waals surface area contributed by atoms with Crippen LogP contribution in [-0.4, -0.2) is 18.0 Å². The molecule has 0 amide bonds. The molecule has 0 aromatic heterocycles. The van der Waals surface area contributed by atoms with Gasteiger partial charge in [-0.05, 0) is 66.3 Å². The van der Waals surface area contributed by atoms with Crippen molar-refractivity contribution < 1.29 is 9.84 Å². The maximum atomic E-state index is 9.82. The Bertz CT molecular complexity index is 1400. The van der Waals surface area contributed by atoms with Gasteiger partial charge in [-0.1, -0.05) is 97.1 Å². The van der Waals surface area contributed by atoms with Crippen LogP contribution in [0.15, 0.2) is 109 Å². The lowest BCUT2D eigenvalue weighted by atomic mass is 9.89. The molecule has 0 radical (unpaired) electrons. The fourth-order valence-electron chi connectivity index (χ4n) is 5.41. The summed E-state index contributed by atoms with van der Waals surface area (Å²) in [6.07, 6.45) is 1.29. The van der Waals surface area contributed by atoms with Gasteiger partial charge in [-0.3, -0.25) is 0 Å². The zero-order valence-corrected chi connectivity index (χ0v) is 18.9. The van der Waals surface area contributed by atoms with E-state index in [0.717, 1.165) is 12.8 Å². The van der Waals surface area contributed by atoms with Crippen LogP contribution in [0.25, 0.3) is 43.1 Å². The van der Waals surface area contributed by atoms with Crippen molar-refractivity contribution >= 4 is 43.1 Å². The van der Waals surface area contributed by atoms with Crippen LogP contribution in [-0.2, 0) is 17.6 Å². The number of aliphatic hydroxyl groups is 1. The van der Waals surface area contributed by atoms with Gasteiger partial charge in [0.1, 0.15) is 6.79 Å². The van der Waals surface area contributed by atoms with Gasteiger partial charge in [-0.25, -0.2) is 0 Å². The van der Waals surface area contributed by atoms with E-state index >= 15 is 0 Å². The molecule has 0 atom stereocenters. The Hall–Kier alpha value is -3.72. The highest BCUT2D eigenvalue weighted by atomic mass is 16.6. The summed E-state index contributed by atoms with van der Waals surface area (Å²) in [4.78, 5) is 0. The molecule has 2 nitrogen and oxygen atoms in total. The third kappa shape index (κ3) is 3.71. The summed E-state index contributed by atoms with van der Waals surface area (Å²) in [7, 11) is 0. The lowest BCUT2D eigenvalue weighted by Crippen LogP contribution is -2.20. The molecular formula is C32H26O2. The summed E-state index contributed by atoms with van der Waals surface area (Å²) in [6.45, 7) is -0.296. The molecule has 0 saturated heterocycles. The first kappa shape index (κ1) is 20.9. The van der Waals surface area contributed by atoms with E-state index in [0.29, 0.717) is 0 Å². The normalized spacial score (nSPS) is 11.8. The standard InChI is InChI=1S/C32H26O2/c33-21-34-26(19-31-27-13-5-1-9-22(27)17-23-10-2-6-14-28(23)31)20-32-29-15-7-3-11-24(29)18-25-12-4-8-16-30(25)32/h1-18,26,33H,19-21H2. The first-order valence-corrected chi connectivity index (χ1v) is 11.8. The first-order chi connectivity index (χ1) is 16.8. The summed E-state index contributed by atoms with van der Waals surface area (Å²) < 4.78 is 6.00. The van der Waals surface area contributed by atoms with E-state index in [1.165, 1.54) is 54.2 Å². The van der Waals surface area contributed by atoms with Crippen LogP contribution >= 0.6 is 0 Å². The Kier molecular flexibility index (Phi) is 5.46. The monoisotopic (exact) mass is 442 g/mol. The van der Waals surface area contributed by atoms with Crippen LogP contribution < -0.4 is 0 Å². The highest BCUT2D eigenvalue weighted by Gasteiger charge is 2.18. The predicted molar refractivity (Wildman–Crippen MR) is 142 cm³/mol. The Morgan fingerprint density at radius 3 is 1.15 bits per heavy atom. The number of rotatable bonds is 6. The molecule has 0 saturated carbocycles. The molecule has 1 N–H and O–H groups in total. The minimum absolute atomic E-state index is 0.159. The summed E-state index contributed by atoms with van der Waals surface area (Å²) in [5, 5.41) is 19.7. The molecule has 0 spiro atoms. The lowest BCUT2D eigenvalue weighted by Gasteiger charge is -2.21. The van der Waals surface area contributed by atoms with E-state index in [-0.39, 0.29) is 12.9 Å². The maximum Gasteiger partial charge on any atom is 0.143 e. The van der Waals surface area contributed by atoms with Crippen LogP contribution in [0.5, 0.6) is 0 Å². The van der Waals surface area contributed by atoms with Crippen LogP contribution in [0, 0.1) is 0 Å². The van der Waals surface area contributed by atoms with E-state index in [4.69, 9.17) is 4.74 Å². The topological polar surface area (TPSA) is 29.5 Å². The van der Waals surface area contributed by atoms with Crippen molar-refractivity contribution in [3.8, 4) is 0 Å². The number of benzene rings is 6. The van der Waals surface area contributed by atoms with Crippen molar-refractivity contribution in [1.29, 1.82) is 0 Å². The molecule has 6 rings (SSSR count). The van der Waals surface area contributed by atoms with E-state index < -0.39 is 0 Å². The molecule has 0 aliphatic heterocycles. The minimum Gasteiger partial charge on any atom is -0.371 e. The highest BCUT2D eigenvalue weighted by molar-refractivity contribution is 6.03. The third-order valence-corrected chi connectivity index (χ3v) is 6.94. The number of aliphatic hydroxyl groups excluding tert-OH is 1. The predicted octanol–water partition coefficient (Wildman–Crippen LogP) is 7.42. The van der Waals surface area contributed by atoms with Crippen LogP contribution in [0.4, 0.5) is 0 Å². The molecule has 2 heteroatoms. The van der Waals surface area contributed by atoms with E-state index in [2.05, 4.69) is 109 Å². The van der Waals surface area contributed by atoms with Crippen LogP contribution in [0.3, 0.4) is 0 Å². The van der Waals surface area contributed by atoms with E-state index in [1.807, 2.05) is 0 Å². The van der Waals surface area contributed by atoms with Gasteiger partial charge in [0.05, 0.1) is 6.10 Å². The Morgan fingerprint density at radius 2 is 0.824 bits per heavy atom. The van der Waals surface area contributed by atoms with Crippen LogP contribution in [0.1, 0.15) is 11.1 Å². The molecule has 34 heavy (non-hydrogen) atoms. The second-order valence-electron chi connectivity index (χ2n) is 8.92. The highest BCUT2D eigenvalue weighted by Crippen LogP contribution is 2.33. The number of fused-ring (bicyclic) bond motifs is 4. The second kappa shape index (κ2) is 8.90. The summed E-state index contributed by atoms with van der Waals surface area (Å²) in [5.74, 6) is 0. The van der Waals surface area contributed by atoms with Crippen molar-refractivity contribution in [1.82, 2.24) is 0 Å². The van der Waals surface area contributed by atoms with Gasteiger partial charge in [0, 0.05) is 12.8 Å². The summed E-state index contributed by atoms with van der Waals surface area (Å²) >= 11 is 0. The molecule has 0 bridgehead atoms. The molecule has 0 unspecified atom stereocenters. The smallest absolute Gasteiger partial charge is 0.143 e. The summed E-state index contributed by atoms with van der Waals surface area (Å²) in [6, 6.07) is 38.7. The molecule has 0 heterocycles. The van der Waals surface area contributed by atoms with Crippen LogP contribution in [0.2, 0.25) is 0 Å². The Morgan fingerprint density at radius 1 is 0.500 bits per heavy atom. The maximum absolute atomic E-state index is 9.82. The van der Waals surface area contributed by atoms with Crippen molar-refractivity contribution in [3.63, 3.8) is 0 Å². The van der Waals surface area contributed by atoms with Gasteiger partial charge in [0.25, 0.3) is 0 Å². The van der Waals surface area contributed by atoms with Crippen molar-refractivity contribution in [2.24, 2.45) is 0 Å². The van der Waals surface area contributed by atoms with Crippen molar-refractivity contribution in [2.75, 3.05) is 6.79 Å². The zero-order valence-electron chi connectivity index (χ0n) is 18.9. The van der Waals surface area contributed by atoms with Gasteiger partial charge < -0.3 is 9.84 Å². The quantitative estimate of drug-likeness (QED) is 0.215. The van der Waals surface area contributed by atoms with Gasteiger partial charge in [0.15, 0.2) is 0 Å². The molecule has 0 fully saturated rings. The van der Waals surface area contributed by atoms with Crippen molar-refractivity contribution in [3.05, 3.63) is 120 Å².